The highest BCUT2D eigenvalue weighted by atomic mass is 32.1. The molecule has 4 rings (SSSR count). The van der Waals surface area contributed by atoms with E-state index in [1.54, 1.807) is 48.4 Å². The number of hydrogen-bond acceptors (Lipinski definition) is 6. The third-order valence-corrected chi connectivity index (χ3v) is 5.47. The average Bonchev–Trinajstić information content (AvgIpc) is 3.44. The van der Waals surface area contributed by atoms with Gasteiger partial charge in [-0.15, -0.1) is 11.3 Å². The molecule has 30 heavy (non-hydrogen) atoms. The van der Waals surface area contributed by atoms with Gasteiger partial charge in [0, 0.05) is 30.2 Å². The van der Waals surface area contributed by atoms with Crippen LogP contribution in [0.1, 0.15) is 26.7 Å². The minimum atomic E-state index is -0.354. The van der Waals surface area contributed by atoms with Crippen molar-refractivity contribution < 1.29 is 23.5 Å². The van der Waals surface area contributed by atoms with Gasteiger partial charge in [-0.2, -0.15) is 4.99 Å². The van der Waals surface area contributed by atoms with Crippen LogP contribution in [0.25, 0.3) is 0 Å². The van der Waals surface area contributed by atoms with E-state index in [0.29, 0.717) is 60.5 Å². The van der Waals surface area contributed by atoms with Crippen LogP contribution in [-0.4, -0.2) is 54.7 Å². The standard InChI is InChI=1S/C21H21N3O5S/c1-27-16-4-2-3-15(13-16)19(25)22-21-24(9-12-30-21)14-17-5-6-18(29-17)20(26)23-7-10-28-11-8-23/h2-6,9,12-13H,7-8,10-11,14H2,1H3. The van der Waals surface area contributed by atoms with Gasteiger partial charge in [0.05, 0.1) is 26.9 Å². The monoisotopic (exact) mass is 427 g/mol. The Balaban J connectivity index is 1.50. The third-order valence-electron chi connectivity index (χ3n) is 4.67. The highest BCUT2D eigenvalue weighted by Crippen LogP contribution is 2.15. The number of amides is 2. The fourth-order valence-corrected chi connectivity index (χ4v) is 3.81. The number of carbonyl (C=O) groups is 2. The number of furan rings is 1. The smallest absolute Gasteiger partial charge is 0.289 e. The second kappa shape index (κ2) is 9.10. The van der Waals surface area contributed by atoms with Gasteiger partial charge in [0.1, 0.15) is 11.5 Å². The van der Waals surface area contributed by atoms with Crippen molar-refractivity contribution in [1.82, 2.24) is 9.47 Å². The molecule has 1 aliphatic rings. The fraction of sp³-hybridized carbons (Fsp3) is 0.286. The van der Waals surface area contributed by atoms with E-state index < -0.39 is 0 Å². The van der Waals surface area contributed by atoms with Crippen molar-refractivity contribution in [2.45, 2.75) is 6.54 Å². The van der Waals surface area contributed by atoms with Crippen LogP contribution >= 0.6 is 11.3 Å². The second-order valence-electron chi connectivity index (χ2n) is 6.63. The van der Waals surface area contributed by atoms with Gasteiger partial charge in [0.15, 0.2) is 10.6 Å². The zero-order chi connectivity index (χ0) is 20.9. The molecule has 1 aliphatic heterocycles. The number of thiazole rings is 1. The fourth-order valence-electron chi connectivity index (χ4n) is 3.08. The number of hydrogen-bond donors (Lipinski definition) is 0. The summed E-state index contributed by atoms with van der Waals surface area (Å²) in [5, 5.41) is 1.85. The van der Waals surface area contributed by atoms with Crippen LogP contribution in [0.4, 0.5) is 0 Å². The Hall–Kier alpha value is -3.17. The Kier molecular flexibility index (Phi) is 6.10. The molecule has 0 spiro atoms. The Morgan fingerprint density at radius 3 is 2.83 bits per heavy atom. The number of benzene rings is 1. The van der Waals surface area contributed by atoms with Crippen molar-refractivity contribution in [3.8, 4) is 5.75 Å². The molecule has 1 fully saturated rings. The molecule has 0 N–H and O–H groups in total. The van der Waals surface area contributed by atoms with E-state index in [0.717, 1.165) is 0 Å². The number of methoxy groups -OCH3 is 1. The van der Waals surface area contributed by atoms with Gasteiger partial charge in [-0.25, -0.2) is 0 Å². The summed E-state index contributed by atoms with van der Waals surface area (Å²) >= 11 is 1.35. The maximum Gasteiger partial charge on any atom is 0.289 e. The highest BCUT2D eigenvalue weighted by Gasteiger charge is 2.21. The molecule has 1 aromatic carbocycles. The minimum absolute atomic E-state index is 0.141. The first kappa shape index (κ1) is 20.1. The molecule has 0 saturated carbocycles. The zero-order valence-corrected chi connectivity index (χ0v) is 17.3. The predicted octanol–water partition coefficient (Wildman–Crippen LogP) is 2.41. The maximum atomic E-state index is 12.5. The van der Waals surface area contributed by atoms with Crippen LogP contribution in [-0.2, 0) is 11.3 Å². The number of aromatic nitrogens is 1. The number of ether oxygens (including phenoxy) is 2. The van der Waals surface area contributed by atoms with Gasteiger partial charge in [-0.05, 0) is 30.3 Å². The van der Waals surface area contributed by atoms with E-state index in [4.69, 9.17) is 13.9 Å². The molecule has 0 unspecified atom stereocenters. The van der Waals surface area contributed by atoms with Crippen LogP contribution in [0.15, 0.2) is 57.4 Å². The van der Waals surface area contributed by atoms with Gasteiger partial charge in [-0.1, -0.05) is 6.07 Å². The summed E-state index contributed by atoms with van der Waals surface area (Å²) in [6, 6.07) is 10.3. The lowest BCUT2D eigenvalue weighted by molar-refractivity contribution is 0.0281. The largest absolute Gasteiger partial charge is 0.497 e. The van der Waals surface area contributed by atoms with Crippen molar-refractivity contribution in [1.29, 1.82) is 0 Å². The van der Waals surface area contributed by atoms with E-state index in [1.807, 2.05) is 16.1 Å². The maximum absolute atomic E-state index is 12.5. The molecule has 8 nitrogen and oxygen atoms in total. The molecular formula is C21H21N3O5S. The van der Waals surface area contributed by atoms with Crippen LogP contribution < -0.4 is 9.54 Å². The lowest BCUT2D eigenvalue weighted by atomic mass is 10.2. The van der Waals surface area contributed by atoms with E-state index in [2.05, 4.69) is 4.99 Å². The average molecular weight is 427 g/mol. The topological polar surface area (TPSA) is 86.3 Å². The molecule has 2 amide bonds. The molecule has 3 heterocycles. The van der Waals surface area contributed by atoms with Crippen molar-refractivity contribution >= 4 is 23.2 Å². The van der Waals surface area contributed by atoms with Gasteiger partial charge < -0.3 is 23.4 Å². The van der Waals surface area contributed by atoms with E-state index in [-0.39, 0.29) is 11.8 Å². The normalized spacial score (nSPS) is 14.7. The molecule has 9 heteroatoms. The first-order chi connectivity index (χ1) is 14.6. The molecule has 0 radical (unpaired) electrons. The van der Waals surface area contributed by atoms with E-state index in [1.165, 1.54) is 11.3 Å². The molecule has 2 aromatic heterocycles. The summed E-state index contributed by atoms with van der Waals surface area (Å²) < 4.78 is 18.0. The van der Waals surface area contributed by atoms with E-state index in [9.17, 15) is 9.59 Å². The Morgan fingerprint density at radius 2 is 2.03 bits per heavy atom. The lowest BCUT2D eigenvalue weighted by Crippen LogP contribution is -2.40. The first-order valence-corrected chi connectivity index (χ1v) is 10.3. The Bertz CT molecular complexity index is 1110. The van der Waals surface area contributed by atoms with Crippen molar-refractivity contribution in [3.63, 3.8) is 0 Å². The molecule has 3 aromatic rings. The molecule has 156 valence electrons. The number of nitrogens with zero attached hydrogens (tertiary/aromatic N) is 3. The Labute approximate surface area is 177 Å². The summed E-state index contributed by atoms with van der Waals surface area (Å²) in [4.78, 5) is 31.6. The Morgan fingerprint density at radius 1 is 1.20 bits per heavy atom. The van der Waals surface area contributed by atoms with Crippen molar-refractivity contribution in [2.75, 3.05) is 33.4 Å². The highest BCUT2D eigenvalue weighted by molar-refractivity contribution is 7.07. The van der Waals surface area contributed by atoms with Crippen LogP contribution in [0, 0.1) is 0 Å². The summed E-state index contributed by atoms with van der Waals surface area (Å²) in [6.07, 6.45) is 1.83. The lowest BCUT2D eigenvalue weighted by Gasteiger charge is -2.25. The van der Waals surface area contributed by atoms with Crippen molar-refractivity contribution in [2.24, 2.45) is 4.99 Å². The SMILES string of the molecule is COc1cccc(C(=O)N=c2sccn2Cc2ccc(C(=O)N3CCOCC3)o2)c1. The molecule has 0 bridgehead atoms. The van der Waals surface area contributed by atoms with Crippen LogP contribution in [0.3, 0.4) is 0 Å². The third kappa shape index (κ3) is 4.52. The second-order valence-corrected chi connectivity index (χ2v) is 7.51. The van der Waals surface area contributed by atoms with Gasteiger partial charge in [0.2, 0.25) is 0 Å². The van der Waals surface area contributed by atoms with Crippen LogP contribution in [0.5, 0.6) is 5.75 Å². The molecule has 0 aliphatic carbocycles. The minimum Gasteiger partial charge on any atom is -0.497 e. The summed E-state index contributed by atoms with van der Waals surface area (Å²) in [7, 11) is 1.55. The quantitative estimate of drug-likeness (QED) is 0.624. The number of carbonyl (C=O) groups excluding carboxylic acids is 2. The predicted molar refractivity (Wildman–Crippen MR) is 110 cm³/mol. The van der Waals surface area contributed by atoms with Gasteiger partial charge in [0.25, 0.3) is 11.8 Å². The molecule has 1 saturated heterocycles. The first-order valence-electron chi connectivity index (χ1n) is 9.47. The van der Waals surface area contributed by atoms with Crippen molar-refractivity contribution in [3.05, 3.63) is 69.9 Å². The number of morpholine rings is 1. The van der Waals surface area contributed by atoms with Gasteiger partial charge >= 0.3 is 0 Å². The summed E-state index contributed by atoms with van der Waals surface area (Å²) in [5.74, 6) is 1.02. The zero-order valence-electron chi connectivity index (χ0n) is 16.4. The molecule has 0 atom stereocenters. The summed E-state index contributed by atoms with van der Waals surface area (Å²) in [6.45, 7) is 2.56. The van der Waals surface area contributed by atoms with Gasteiger partial charge in [-0.3, -0.25) is 9.59 Å². The number of rotatable bonds is 5. The molecular weight excluding hydrogens is 406 g/mol. The van der Waals surface area contributed by atoms with E-state index >= 15 is 0 Å². The van der Waals surface area contributed by atoms with Crippen LogP contribution in [0.2, 0.25) is 0 Å². The summed E-state index contributed by atoms with van der Waals surface area (Å²) in [5.41, 5.74) is 0.450.